The molecule has 1 aromatic rings. The third kappa shape index (κ3) is 4.20. The fourth-order valence-corrected chi connectivity index (χ4v) is 4.20. The van der Waals surface area contributed by atoms with Crippen LogP contribution in [0.2, 0.25) is 0 Å². The van der Waals surface area contributed by atoms with Crippen molar-refractivity contribution >= 4 is 16.1 Å². The minimum Gasteiger partial charge on any atom is -0.315 e. The topological polar surface area (TPSA) is 90.0 Å². The molecule has 8 heteroatoms. The first-order valence-corrected chi connectivity index (χ1v) is 9.84. The summed E-state index contributed by atoms with van der Waals surface area (Å²) in [5.74, 6) is 0. The molecule has 25 heavy (non-hydrogen) atoms. The molecule has 0 bridgehead atoms. The summed E-state index contributed by atoms with van der Waals surface area (Å²) in [7, 11) is -4.34. The van der Waals surface area contributed by atoms with Crippen molar-refractivity contribution in [1.82, 2.24) is 15.1 Å². The maximum atomic E-state index is 12.2. The largest absolute Gasteiger partial charge is 0.323 e. The lowest BCUT2D eigenvalue weighted by Gasteiger charge is -2.39. The number of benzene rings is 1. The lowest BCUT2D eigenvalue weighted by molar-refractivity contribution is 0.137. The van der Waals surface area contributed by atoms with E-state index in [-0.39, 0.29) is 6.04 Å². The molecule has 0 aromatic heterocycles. The highest BCUT2D eigenvalue weighted by Crippen LogP contribution is 2.23. The van der Waals surface area contributed by atoms with E-state index in [0.717, 1.165) is 32.5 Å². The van der Waals surface area contributed by atoms with E-state index in [2.05, 4.69) is 22.3 Å². The summed E-state index contributed by atoms with van der Waals surface area (Å²) in [6, 6.07) is 9.81. The molecule has 0 aliphatic carbocycles. The monoisotopic (exact) mass is 365 g/mol. The molecule has 3 rings (SSSR count). The Bertz CT molecular complexity index is 755. The minimum atomic E-state index is -4.34. The Morgan fingerprint density at radius 2 is 1.84 bits per heavy atom. The van der Waals surface area contributed by atoms with Gasteiger partial charge < -0.3 is 5.32 Å². The highest BCUT2D eigenvalue weighted by molar-refractivity contribution is 7.86. The van der Waals surface area contributed by atoms with Gasteiger partial charge in [0, 0.05) is 31.9 Å². The number of urea groups is 1. The molecule has 2 N–H and O–H groups in total. The predicted molar refractivity (Wildman–Crippen MR) is 94.2 cm³/mol. The van der Waals surface area contributed by atoms with E-state index in [1.807, 2.05) is 18.2 Å². The van der Waals surface area contributed by atoms with Crippen molar-refractivity contribution in [3.63, 3.8) is 0 Å². The van der Waals surface area contributed by atoms with Crippen LogP contribution in [0.1, 0.15) is 25.3 Å². The van der Waals surface area contributed by atoms with Gasteiger partial charge in [0.05, 0.1) is 0 Å². The number of rotatable bonds is 4. The van der Waals surface area contributed by atoms with Crippen LogP contribution < -0.4 is 5.32 Å². The Labute approximate surface area is 148 Å². The number of amides is 2. The SMILES string of the molecule is CC1=CN(C2CCN(Cc3ccccc3)CC2)C(=O)NC1S(=O)(=O)O. The van der Waals surface area contributed by atoms with Crippen LogP contribution in [0.5, 0.6) is 0 Å². The highest BCUT2D eigenvalue weighted by Gasteiger charge is 2.36. The molecular formula is C17H23N3O4S. The number of nitrogens with one attached hydrogen (secondary N) is 1. The second-order valence-corrected chi connectivity index (χ2v) is 8.12. The Kier molecular flexibility index (Phi) is 5.12. The van der Waals surface area contributed by atoms with E-state index in [9.17, 15) is 17.8 Å². The lowest BCUT2D eigenvalue weighted by atomic mass is 10.0. The van der Waals surface area contributed by atoms with Crippen molar-refractivity contribution < 1.29 is 17.8 Å². The van der Waals surface area contributed by atoms with Gasteiger partial charge in [-0.1, -0.05) is 30.3 Å². The first kappa shape index (κ1) is 17.9. The number of carbonyl (C=O) groups excluding carboxylic acids is 1. The molecule has 1 saturated heterocycles. The van der Waals surface area contributed by atoms with Gasteiger partial charge in [-0.3, -0.25) is 14.4 Å². The molecule has 1 atom stereocenters. The summed E-state index contributed by atoms with van der Waals surface area (Å²) in [6.45, 7) is 4.23. The lowest BCUT2D eigenvalue weighted by Crippen LogP contribution is -2.55. The number of hydrogen-bond acceptors (Lipinski definition) is 4. The van der Waals surface area contributed by atoms with E-state index in [0.29, 0.717) is 5.57 Å². The molecule has 0 spiro atoms. The van der Waals surface area contributed by atoms with Crippen molar-refractivity contribution in [3.05, 3.63) is 47.7 Å². The average molecular weight is 365 g/mol. The fraction of sp³-hybridized carbons (Fsp3) is 0.471. The van der Waals surface area contributed by atoms with Crippen LogP contribution in [0, 0.1) is 0 Å². The molecule has 2 aliphatic heterocycles. The van der Waals surface area contributed by atoms with Crippen LogP contribution in [-0.4, -0.2) is 53.3 Å². The normalized spacial score (nSPS) is 23.3. The Hall–Kier alpha value is -1.90. The van der Waals surface area contributed by atoms with Gasteiger partial charge in [0.15, 0.2) is 5.37 Å². The number of nitrogens with zero attached hydrogens (tertiary/aromatic N) is 2. The Morgan fingerprint density at radius 1 is 1.20 bits per heavy atom. The van der Waals surface area contributed by atoms with Gasteiger partial charge >= 0.3 is 6.03 Å². The number of carbonyl (C=O) groups is 1. The van der Waals surface area contributed by atoms with Crippen LogP contribution in [0.3, 0.4) is 0 Å². The molecule has 7 nitrogen and oxygen atoms in total. The van der Waals surface area contributed by atoms with Crippen LogP contribution in [0.4, 0.5) is 4.79 Å². The highest BCUT2D eigenvalue weighted by atomic mass is 32.2. The summed E-state index contributed by atoms with van der Waals surface area (Å²) in [4.78, 5) is 16.2. The van der Waals surface area contributed by atoms with Crippen molar-refractivity contribution in [2.45, 2.75) is 37.7 Å². The second kappa shape index (κ2) is 7.15. The van der Waals surface area contributed by atoms with Gasteiger partial charge in [-0.15, -0.1) is 0 Å². The maximum Gasteiger partial charge on any atom is 0.323 e. The van der Waals surface area contributed by atoms with Crippen LogP contribution in [0.25, 0.3) is 0 Å². The van der Waals surface area contributed by atoms with Gasteiger partial charge in [-0.2, -0.15) is 8.42 Å². The zero-order chi connectivity index (χ0) is 18.0. The Balaban J connectivity index is 1.61. The van der Waals surface area contributed by atoms with E-state index in [1.165, 1.54) is 5.56 Å². The summed E-state index contributed by atoms with van der Waals surface area (Å²) in [5.41, 5.74) is 1.68. The van der Waals surface area contributed by atoms with Gasteiger partial charge in [0.1, 0.15) is 0 Å². The maximum absolute atomic E-state index is 12.2. The van der Waals surface area contributed by atoms with E-state index < -0.39 is 21.5 Å². The zero-order valence-electron chi connectivity index (χ0n) is 14.1. The van der Waals surface area contributed by atoms with E-state index >= 15 is 0 Å². The zero-order valence-corrected chi connectivity index (χ0v) is 14.9. The van der Waals surface area contributed by atoms with Crippen LogP contribution in [-0.2, 0) is 16.7 Å². The van der Waals surface area contributed by atoms with Gasteiger partial charge in [-0.25, -0.2) is 4.79 Å². The molecule has 1 aromatic carbocycles. The smallest absolute Gasteiger partial charge is 0.315 e. The molecule has 0 saturated carbocycles. The van der Waals surface area contributed by atoms with Crippen molar-refractivity contribution in [3.8, 4) is 0 Å². The summed E-state index contributed by atoms with van der Waals surface area (Å²) in [6.07, 6.45) is 3.19. The predicted octanol–water partition coefficient (Wildman–Crippen LogP) is 1.79. The quantitative estimate of drug-likeness (QED) is 0.794. The first-order valence-electron chi connectivity index (χ1n) is 8.34. The van der Waals surface area contributed by atoms with Gasteiger partial charge in [-0.05, 0) is 30.9 Å². The third-order valence-electron chi connectivity index (χ3n) is 4.74. The molecule has 0 radical (unpaired) electrons. The van der Waals surface area contributed by atoms with Crippen LogP contribution in [0.15, 0.2) is 42.1 Å². The van der Waals surface area contributed by atoms with E-state index in [1.54, 1.807) is 18.0 Å². The molecule has 2 aliphatic rings. The van der Waals surface area contributed by atoms with E-state index in [4.69, 9.17) is 0 Å². The van der Waals surface area contributed by atoms with Crippen molar-refractivity contribution in [1.29, 1.82) is 0 Å². The molecular weight excluding hydrogens is 342 g/mol. The number of hydrogen-bond donors (Lipinski definition) is 2. The second-order valence-electron chi connectivity index (χ2n) is 6.62. The summed E-state index contributed by atoms with van der Waals surface area (Å²) in [5, 5.41) is 1.02. The summed E-state index contributed by atoms with van der Waals surface area (Å²) >= 11 is 0. The van der Waals surface area contributed by atoms with Crippen LogP contribution >= 0.6 is 0 Å². The molecule has 1 unspecified atom stereocenters. The average Bonchev–Trinajstić information content (AvgIpc) is 2.57. The molecule has 2 amide bonds. The number of likely N-dealkylation sites (tertiary alicyclic amines) is 1. The van der Waals surface area contributed by atoms with Crippen molar-refractivity contribution in [2.24, 2.45) is 0 Å². The van der Waals surface area contributed by atoms with Gasteiger partial charge in [0.25, 0.3) is 10.1 Å². The molecule has 2 heterocycles. The molecule has 1 fully saturated rings. The third-order valence-corrected chi connectivity index (χ3v) is 5.83. The minimum absolute atomic E-state index is 0.0318. The number of piperidine rings is 1. The van der Waals surface area contributed by atoms with Crippen molar-refractivity contribution in [2.75, 3.05) is 13.1 Å². The first-order chi connectivity index (χ1) is 11.8. The van der Waals surface area contributed by atoms with Gasteiger partial charge in [0.2, 0.25) is 0 Å². The fourth-order valence-electron chi connectivity index (χ4n) is 3.42. The summed E-state index contributed by atoms with van der Waals surface area (Å²) < 4.78 is 31.8. The Morgan fingerprint density at radius 3 is 2.44 bits per heavy atom. The molecule has 136 valence electrons. The standard InChI is InChI=1S/C17H23N3O4S/c1-13-11-20(17(21)18-16(13)25(22,23)24)15-7-9-19(10-8-15)12-14-5-3-2-4-6-14/h2-6,11,15-16H,7-10,12H2,1H3,(H,18,21)(H,22,23,24).